The van der Waals surface area contributed by atoms with Gasteiger partial charge in [-0.25, -0.2) is 0 Å². The summed E-state index contributed by atoms with van der Waals surface area (Å²) in [5.41, 5.74) is 0. The lowest BCUT2D eigenvalue weighted by Gasteiger charge is -2.37. The van der Waals surface area contributed by atoms with Gasteiger partial charge in [0.25, 0.3) is 0 Å². The van der Waals surface area contributed by atoms with Crippen LogP contribution in [0.15, 0.2) is 0 Å². The Bertz CT molecular complexity index is 314. The fourth-order valence-electron chi connectivity index (χ4n) is 5.34. The molecule has 1 heterocycles. The van der Waals surface area contributed by atoms with Gasteiger partial charge >= 0.3 is 0 Å². The van der Waals surface area contributed by atoms with E-state index in [1.165, 1.54) is 58.0 Å². The summed E-state index contributed by atoms with van der Waals surface area (Å²) in [6.07, 6.45) is 10.3. The van der Waals surface area contributed by atoms with Crippen molar-refractivity contribution >= 4 is 0 Å². The van der Waals surface area contributed by atoms with Gasteiger partial charge < -0.3 is 5.32 Å². The zero-order chi connectivity index (χ0) is 17.7. The summed E-state index contributed by atoms with van der Waals surface area (Å²) >= 11 is 0. The Hall–Kier alpha value is -0.0400. The van der Waals surface area contributed by atoms with Crippen LogP contribution in [-0.4, -0.2) is 13.1 Å². The molecule has 142 valence electrons. The van der Waals surface area contributed by atoms with E-state index in [0.717, 1.165) is 47.3 Å². The van der Waals surface area contributed by atoms with E-state index in [4.69, 9.17) is 0 Å². The van der Waals surface area contributed by atoms with Gasteiger partial charge in [-0.3, -0.25) is 0 Å². The Balaban J connectivity index is 1.75. The highest BCUT2D eigenvalue weighted by atomic mass is 14.9. The highest BCUT2D eigenvalue weighted by Gasteiger charge is 2.30. The van der Waals surface area contributed by atoms with Gasteiger partial charge in [0.15, 0.2) is 0 Å². The maximum Gasteiger partial charge on any atom is -0.00177 e. The first kappa shape index (κ1) is 20.3. The SMILES string of the molecule is CC(C)C1CCCC(C(C)CCC(C)C2CNCC(C(C)C)C2)C1. The molecule has 0 radical (unpaired) electrons. The number of piperidine rings is 1. The molecule has 1 saturated heterocycles. The van der Waals surface area contributed by atoms with Crippen LogP contribution in [0.4, 0.5) is 0 Å². The standard InChI is InChI=1S/C23H45N/c1-16(2)20-8-7-9-21(12-20)18(5)10-11-19(6)23-13-22(17(3)4)14-24-15-23/h16-24H,7-15H2,1-6H3. The molecule has 1 aliphatic heterocycles. The van der Waals surface area contributed by atoms with E-state index >= 15 is 0 Å². The van der Waals surface area contributed by atoms with Crippen LogP contribution in [0.1, 0.15) is 86.5 Å². The molecular formula is C23H45N. The molecule has 1 N–H and O–H groups in total. The Morgan fingerprint density at radius 1 is 0.667 bits per heavy atom. The molecule has 6 unspecified atom stereocenters. The van der Waals surface area contributed by atoms with Crippen LogP contribution >= 0.6 is 0 Å². The Morgan fingerprint density at radius 2 is 1.17 bits per heavy atom. The molecular weight excluding hydrogens is 290 g/mol. The first-order chi connectivity index (χ1) is 11.4. The van der Waals surface area contributed by atoms with Gasteiger partial charge in [-0.05, 0) is 73.3 Å². The Labute approximate surface area is 152 Å². The molecule has 1 heteroatoms. The maximum atomic E-state index is 3.72. The summed E-state index contributed by atoms with van der Waals surface area (Å²) in [5.74, 6) is 7.37. The van der Waals surface area contributed by atoms with E-state index < -0.39 is 0 Å². The molecule has 1 aliphatic carbocycles. The lowest BCUT2D eigenvalue weighted by molar-refractivity contribution is 0.145. The Morgan fingerprint density at radius 3 is 1.79 bits per heavy atom. The minimum absolute atomic E-state index is 0.835. The van der Waals surface area contributed by atoms with Crippen LogP contribution in [0.3, 0.4) is 0 Å². The van der Waals surface area contributed by atoms with Gasteiger partial charge in [-0.2, -0.15) is 0 Å². The third kappa shape index (κ3) is 5.75. The molecule has 24 heavy (non-hydrogen) atoms. The van der Waals surface area contributed by atoms with Crippen LogP contribution < -0.4 is 5.32 Å². The molecule has 0 amide bonds. The summed E-state index contributed by atoms with van der Waals surface area (Å²) < 4.78 is 0. The molecule has 0 spiro atoms. The van der Waals surface area contributed by atoms with E-state index in [1.807, 2.05) is 0 Å². The van der Waals surface area contributed by atoms with E-state index in [2.05, 4.69) is 46.9 Å². The van der Waals surface area contributed by atoms with Gasteiger partial charge in [0.1, 0.15) is 0 Å². The van der Waals surface area contributed by atoms with Gasteiger partial charge in [-0.15, -0.1) is 0 Å². The summed E-state index contributed by atoms with van der Waals surface area (Å²) in [6.45, 7) is 17.2. The molecule has 1 saturated carbocycles. The topological polar surface area (TPSA) is 12.0 Å². The smallest absolute Gasteiger partial charge is 0.00177 e. The summed E-state index contributed by atoms with van der Waals surface area (Å²) in [5, 5.41) is 3.72. The number of hydrogen-bond donors (Lipinski definition) is 1. The fourth-order valence-corrected chi connectivity index (χ4v) is 5.34. The van der Waals surface area contributed by atoms with E-state index in [0.29, 0.717) is 0 Å². The second kappa shape index (κ2) is 9.60. The van der Waals surface area contributed by atoms with E-state index in [1.54, 1.807) is 0 Å². The van der Waals surface area contributed by atoms with E-state index in [-0.39, 0.29) is 0 Å². The molecule has 0 aromatic heterocycles. The second-order valence-corrected chi connectivity index (χ2v) is 10.1. The molecule has 0 aromatic carbocycles. The third-order valence-electron chi connectivity index (χ3n) is 7.75. The molecule has 0 bridgehead atoms. The Kier molecular flexibility index (Phi) is 8.11. The van der Waals surface area contributed by atoms with Crippen molar-refractivity contribution in [1.82, 2.24) is 5.32 Å². The van der Waals surface area contributed by atoms with Crippen LogP contribution in [0.5, 0.6) is 0 Å². The van der Waals surface area contributed by atoms with Crippen LogP contribution in [-0.2, 0) is 0 Å². The lowest BCUT2D eigenvalue weighted by atomic mass is 9.70. The molecule has 6 atom stereocenters. The van der Waals surface area contributed by atoms with Crippen LogP contribution in [0, 0.1) is 47.3 Å². The molecule has 0 aromatic rings. The van der Waals surface area contributed by atoms with Crippen LogP contribution in [0.2, 0.25) is 0 Å². The number of nitrogens with one attached hydrogen (secondary N) is 1. The molecule has 1 nitrogen and oxygen atoms in total. The molecule has 2 fully saturated rings. The summed E-state index contributed by atoms with van der Waals surface area (Å²) in [7, 11) is 0. The minimum atomic E-state index is 0.835. The first-order valence-corrected chi connectivity index (χ1v) is 11.1. The zero-order valence-corrected chi connectivity index (χ0v) is 17.5. The van der Waals surface area contributed by atoms with Crippen molar-refractivity contribution < 1.29 is 0 Å². The van der Waals surface area contributed by atoms with Crippen molar-refractivity contribution in [2.24, 2.45) is 47.3 Å². The predicted molar refractivity (Wildman–Crippen MR) is 107 cm³/mol. The van der Waals surface area contributed by atoms with Crippen molar-refractivity contribution in [3.63, 3.8) is 0 Å². The third-order valence-corrected chi connectivity index (χ3v) is 7.75. The number of rotatable bonds is 7. The van der Waals surface area contributed by atoms with Crippen molar-refractivity contribution in [2.45, 2.75) is 86.5 Å². The van der Waals surface area contributed by atoms with Crippen LogP contribution in [0.25, 0.3) is 0 Å². The monoisotopic (exact) mass is 335 g/mol. The predicted octanol–water partition coefficient (Wildman–Crippen LogP) is 6.38. The average Bonchev–Trinajstić information content (AvgIpc) is 2.59. The minimum Gasteiger partial charge on any atom is -0.316 e. The lowest BCUT2D eigenvalue weighted by Crippen LogP contribution is -2.40. The van der Waals surface area contributed by atoms with Crippen molar-refractivity contribution in [3.05, 3.63) is 0 Å². The van der Waals surface area contributed by atoms with Gasteiger partial charge in [-0.1, -0.05) is 73.6 Å². The fraction of sp³-hybridized carbons (Fsp3) is 1.00. The van der Waals surface area contributed by atoms with Crippen molar-refractivity contribution in [2.75, 3.05) is 13.1 Å². The largest absolute Gasteiger partial charge is 0.316 e. The van der Waals surface area contributed by atoms with Gasteiger partial charge in [0.2, 0.25) is 0 Å². The van der Waals surface area contributed by atoms with Crippen molar-refractivity contribution in [3.8, 4) is 0 Å². The zero-order valence-electron chi connectivity index (χ0n) is 17.5. The second-order valence-electron chi connectivity index (χ2n) is 10.1. The first-order valence-electron chi connectivity index (χ1n) is 11.1. The van der Waals surface area contributed by atoms with Gasteiger partial charge in [0.05, 0.1) is 0 Å². The van der Waals surface area contributed by atoms with Gasteiger partial charge in [0, 0.05) is 0 Å². The average molecular weight is 336 g/mol. The maximum absolute atomic E-state index is 3.72. The molecule has 2 rings (SSSR count). The highest BCUT2D eigenvalue weighted by molar-refractivity contribution is 4.83. The normalized spacial score (nSPS) is 34.5. The molecule has 2 aliphatic rings. The van der Waals surface area contributed by atoms with E-state index in [9.17, 15) is 0 Å². The highest BCUT2D eigenvalue weighted by Crippen LogP contribution is 2.39. The van der Waals surface area contributed by atoms with Crippen molar-refractivity contribution in [1.29, 1.82) is 0 Å². The number of hydrogen-bond acceptors (Lipinski definition) is 1. The summed E-state index contributed by atoms with van der Waals surface area (Å²) in [4.78, 5) is 0. The summed E-state index contributed by atoms with van der Waals surface area (Å²) in [6, 6.07) is 0. The quantitative estimate of drug-likeness (QED) is 0.569.